The highest BCUT2D eigenvalue weighted by Gasteiger charge is 2.06. The fourth-order valence-corrected chi connectivity index (χ4v) is 1.53. The molecule has 0 aliphatic rings. The van der Waals surface area contributed by atoms with Gasteiger partial charge in [-0.05, 0) is 19.1 Å². The Morgan fingerprint density at radius 2 is 2.23 bits per heavy atom. The number of fused-ring (bicyclic) bond motifs is 1. The van der Waals surface area contributed by atoms with Crippen LogP contribution in [0.4, 0.5) is 0 Å². The molecule has 2 aromatic rings. The van der Waals surface area contributed by atoms with E-state index < -0.39 is 0 Å². The first-order valence-electron chi connectivity index (χ1n) is 3.90. The molecule has 13 heavy (non-hydrogen) atoms. The summed E-state index contributed by atoms with van der Waals surface area (Å²) in [5, 5.41) is 8.61. The third-order valence-electron chi connectivity index (χ3n) is 2.02. The van der Waals surface area contributed by atoms with Crippen molar-refractivity contribution in [3.8, 4) is 5.75 Å². The van der Waals surface area contributed by atoms with Crippen molar-refractivity contribution >= 4 is 22.5 Å². The molecule has 0 aliphatic heterocycles. The zero-order valence-corrected chi connectivity index (χ0v) is 8.14. The molecule has 2 rings (SSSR count). The summed E-state index contributed by atoms with van der Waals surface area (Å²) in [6.45, 7) is 1.96. The number of hydrogen-bond donors (Lipinski definition) is 1. The number of halogens is 1. The highest BCUT2D eigenvalue weighted by Crippen LogP contribution is 2.29. The number of H-pyrrole nitrogens is 1. The largest absolute Gasteiger partial charge is 0.495 e. The first-order chi connectivity index (χ1) is 6.22. The standard InChI is InChI=1S/C9H9ClN2O/c1-5-6-3-9(13-2)7(10)4-8(6)12-11-5/h3-4H,1-2H3,(H,11,12). The van der Waals surface area contributed by atoms with Gasteiger partial charge in [0, 0.05) is 11.1 Å². The molecule has 4 heteroatoms. The minimum absolute atomic E-state index is 0.585. The quantitative estimate of drug-likeness (QED) is 0.761. The van der Waals surface area contributed by atoms with E-state index in [-0.39, 0.29) is 0 Å². The van der Waals surface area contributed by atoms with Crippen LogP contribution in [0.15, 0.2) is 12.1 Å². The Labute approximate surface area is 80.7 Å². The Bertz CT molecular complexity index is 450. The zero-order chi connectivity index (χ0) is 9.42. The molecule has 0 saturated heterocycles. The van der Waals surface area contributed by atoms with Gasteiger partial charge in [0.05, 0.1) is 17.6 Å². The highest BCUT2D eigenvalue weighted by atomic mass is 35.5. The lowest BCUT2D eigenvalue weighted by Gasteiger charge is -2.01. The van der Waals surface area contributed by atoms with Gasteiger partial charge in [-0.3, -0.25) is 5.10 Å². The summed E-state index contributed by atoms with van der Waals surface area (Å²) in [5.74, 6) is 0.679. The molecule has 0 saturated carbocycles. The molecule has 1 N–H and O–H groups in total. The van der Waals surface area contributed by atoms with Crippen LogP contribution in [0.1, 0.15) is 5.69 Å². The smallest absolute Gasteiger partial charge is 0.138 e. The predicted octanol–water partition coefficient (Wildman–Crippen LogP) is 2.53. The maximum absolute atomic E-state index is 5.93. The Kier molecular flexibility index (Phi) is 1.88. The van der Waals surface area contributed by atoms with Crippen LogP contribution >= 0.6 is 11.6 Å². The van der Waals surface area contributed by atoms with Crippen molar-refractivity contribution in [2.45, 2.75) is 6.92 Å². The average Bonchev–Trinajstić information content (AvgIpc) is 2.46. The number of benzene rings is 1. The number of nitrogens with zero attached hydrogens (tertiary/aromatic N) is 1. The Morgan fingerprint density at radius 1 is 1.46 bits per heavy atom. The van der Waals surface area contributed by atoms with E-state index >= 15 is 0 Å². The first kappa shape index (κ1) is 8.38. The second kappa shape index (κ2) is 2.92. The summed E-state index contributed by atoms with van der Waals surface area (Å²) >= 11 is 5.93. The van der Waals surface area contributed by atoms with Gasteiger partial charge in [-0.25, -0.2) is 0 Å². The molecule has 3 nitrogen and oxygen atoms in total. The molecular weight excluding hydrogens is 188 g/mol. The molecule has 0 atom stereocenters. The summed E-state index contributed by atoms with van der Waals surface area (Å²) in [5.41, 5.74) is 1.88. The fraction of sp³-hybridized carbons (Fsp3) is 0.222. The lowest BCUT2D eigenvalue weighted by atomic mass is 10.2. The molecule has 0 fully saturated rings. The number of aryl methyl sites for hydroxylation is 1. The second-order valence-corrected chi connectivity index (χ2v) is 3.26. The molecule has 1 aromatic heterocycles. The van der Waals surface area contributed by atoms with Gasteiger partial charge < -0.3 is 4.74 Å². The van der Waals surface area contributed by atoms with E-state index in [9.17, 15) is 0 Å². The van der Waals surface area contributed by atoms with Crippen molar-refractivity contribution in [1.29, 1.82) is 0 Å². The summed E-state index contributed by atoms with van der Waals surface area (Å²) in [6.07, 6.45) is 0. The number of hydrogen-bond acceptors (Lipinski definition) is 2. The molecule has 68 valence electrons. The average molecular weight is 197 g/mol. The van der Waals surface area contributed by atoms with Gasteiger partial charge >= 0.3 is 0 Å². The number of nitrogens with one attached hydrogen (secondary N) is 1. The van der Waals surface area contributed by atoms with Crippen molar-refractivity contribution in [3.63, 3.8) is 0 Å². The van der Waals surface area contributed by atoms with E-state index in [1.54, 1.807) is 13.2 Å². The van der Waals surface area contributed by atoms with Gasteiger partial charge in [0.25, 0.3) is 0 Å². The predicted molar refractivity (Wildman–Crippen MR) is 52.4 cm³/mol. The molecule has 1 aromatic carbocycles. The Balaban J connectivity index is 2.77. The number of aromatic amines is 1. The molecule has 0 bridgehead atoms. The van der Waals surface area contributed by atoms with E-state index in [2.05, 4.69) is 10.2 Å². The molecule has 0 spiro atoms. The van der Waals surface area contributed by atoms with E-state index in [1.165, 1.54) is 0 Å². The van der Waals surface area contributed by atoms with Crippen molar-refractivity contribution < 1.29 is 4.74 Å². The molecule has 0 amide bonds. The van der Waals surface area contributed by atoms with E-state index in [1.807, 2.05) is 13.0 Å². The summed E-state index contributed by atoms with van der Waals surface area (Å²) in [4.78, 5) is 0. The normalized spacial score (nSPS) is 10.7. The minimum Gasteiger partial charge on any atom is -0.495 e. The molecule has 0 radical (unpaired) electrons. The van der Waals surface area contributed by atoms with Crippen LogP contribution in [-0.4, -0.2) is 17.3 Å². The molecule has 1 heterocycles. The highest BCUT2D eigenvalue weighted by molar-refractivity contribution is 6.32. The third kappa shape index (κ3) is 1.25. The van der Waals surface area contributed by atoms with Crippen LogP contribution in [0, 0.1) is 6.92 Å². The minimum atomic E-state index is 0.585. The van der Waals surface area contributed by atoms with Gasteiger partial charge in [-0.1, -0.05) is 11.6 Å². The molecule has 0 unspecified atom stereocenters. The summed E-state index contributed by atoms with van der Waals surface area (Å²) in [6, 6.07) is 3.68. The first-order valence-corrected chi connectivity index (χ1v) is 4.28. The van der Waals surface area contributed by atoms with Gasteiger partial charge in [0.1, 0.15) is 5.75 Å². The van der Waals surface area contributed by atoms with Crippen molar-refractivity contribution in [2.24, 2.45) is 0 Å². The maximum Gasteiger partial charge on any atom is 0.138 e. The van der Waals surface area contributed by atoms with Gasteiger partial charge in [-0.15, -0.1) is 0 Å². The topological polar surface area (TPSA) is 37.9 Å². The van der Waals surface area contributed by atoms with Crippen LogP contribution in [0.5, 0.6) is 5.75 Å². The van der Waals surface area contributed by atoms with Crippen molar-refractivity contribution in [3.05, 3.63) is 22.8 Å². The van der Waals surface area contributed by atoms with Crippen molar-refractivity contribution in [2.75, 3.05) is 7.11 Å². The Morgan fingerprint density at radius 3 is 2.92 bits per heavy atom. The number of methoxy groups -OCH3 is 1. The van der Waals surface area contributed by atoms with Gasteiger partial charge in [0.2, 0.25) is 0 Å². The third-order valence-corrected chi connectivity index (χ3v) is 2.31. The van der Waals surface area contributed by atoms with E-state index in [0.717, 1.165) is 16.6 Å². The van der Waals surface area contributed by atoms with E-state index in [0.29, 0.717) is 10.8 Å². The van der Waals surface area contributed by atoms with E-state index in [4.69, 9.17) is 16.3 Å². The second-order valence-electron chi connectivity index (χ2n) is 2.85. The van der Waals surface area contributed by atoms with Crippen LogP contribution in [-0.2, 0) is 0 Å². The van der Waals surface area contributed by atoms with Crippen LogP contribution in [0.2, 0.25) is 5.02 Å². The number of ether oxygens (including phenoxy) is 1. The lowest BCUT2D eigenvalue weighted by Crippen LogP contribution is -1.83. The summed E-state index contributed by atoms with van der Waals surface area (Å²) < 4.78 is 5.10. The lowest BCUT2D eigenvalue weighted by molar-refractivity contribution is 0.415. The fourth-order valence-electron chi connectivity index (χ4n) is 1.30. The van der Waals surface area contributed by atoms with Crippen molar-refractivity contribution in [1.82, 2.24) is 10.2 Å². The van der Waals surface area contributed by atoms with Crippen LogP contribution < -0.4 is 4.74 Å². The molecule has 0 aliphatic carbocycles. The maximum atomic E-state index is 5.93. The van der Waals surface area contributed by atoms with Crippen LogP contribution in [0.25, 0.3) is 10.9 Å². The number of rotatable bonds is 1. The van der Waals surface area contributed by atoms with Crippen LogP contribution in [0.3, 0.4) is 0 Å². The monoisotopic (exact) mass is 196 g/mol. The Hall–Kier alpha value is -1.22. The van der Waals surface area contributed by atoms with Gasteiger partial charge in [0.15, 0.2) is 0 Å². The molecular formula is C9H9ClN2O. The summed E-state index contributed by atoms with van der Waals surface area (Å²) in [7, 11) is 1.60. The SMILES string of the molecule is COc1cc2c(C)[nH]nc2cc1Cl. The number of aromatic nitrogens is 2. The van der Waals surface area contributed by atoms with Gasteiger partial charge in [-0.2, -0.15) is 5.10 Å². The zero-order valence-electron chi connectivity index (χ0n) is 7.39.